The molecule has 0 atom stereocenters. The smallest absolute Gasteiger partial charge is 0.257 e. The Hall–Kier alpha value is -2.31. The lowest BCUT2D eigenvalue weighted by atomic mass is 10.0. The molecule has 1 aromatic heterocycles. The Labute approximate surface area is 147 Å². The number of aliphatic hydroxyl groups excluding tert-OH is 1. The van der Waals surface area contributed by atoms with Crippen molar-refractivity contribution < 1.29 is 19.1 Å². The van der Waals surface area contributed by atoms with Crippen LogP contribution in [0.25, 0.3) is 0 Å². The number of nitrogens with one attached hydrogen (secondary N) is 1. The molecule has 2 heterocycles. The molecule has 1 saturated heterocycles. The Kier molecular flexibility index (Phi) is 6.09. The number of amides is 1. The maximum Gasteiger partial charge on any atom is 0.257 e. The van der Waals surface area contributed by atoms with Crippen LogP contribution in [0.1, 0.15) is 28.8 Å². The quantitative estimate of drug-likeness (QED) is 0.804. The molecular weight excluding hydrogens is 320 g/mol. The Morgan fingerprint density at radius 2 is 2.08 bits per heavy atom. The van der Waals surface area contributed by atoms with Crippen LogP contribution in [0.3, 0.4) is 0 Å². The first-order valence-electron chi connectivity index (χ1n) is 8.64. The topological polar surface area (TPSA) is 74.9 Å². The first-order chi connectivity index (χ1) is 12.3. The molecule has 0 radical (unpaired) electrons. The van der Waals surface area contributed by atoms with Gasteiger partial charge in [-0.15, -0.1) is 0 Å². The van der Waals surface area contributed by atoms with Crippen molar-refractivity contribution in [2.45, 2.75) is 25.4 Å². The Balaban J connectivity index is 1.47. The number of nitrogens with zero attached hydrogens (tertiary/aromatic N) is 1. The number of ether oxygens (including phenoxy) is 1. The van der Waals surface area contributed by atoms with E-state index < -0.39 is 0 Å². The van der Waals surface area contributed by atoms with Crippen molar-refractivity contribution in [1.29, 1.82) is 0 Å². The first-order valence-corrected chi connectivity index (χ1v) is 8.64. The van der Waals surface area contributed by atoms with E-state index in [1.165, 1.54) is 12.5 Å². The highest BCUT2D eigenvalue weighted by Crippen LogP contribution is 2.19. The molecule has 25 heavy (non-hydrogen) atoms. The van der Waals surface area contributed by atoms with Gasteiger partial charge < -0.3 is 24.5 Å². The molecule has 1 aromatic carbocycles. The lowest BCUT2D eigenvalue weighted by molar-refractivity contribution is 0.0704. The van der Waals surface area contributed by atoms with E-state index in [1.807, 2.05) is 29.2 Å². The fraction of sp³-hybridized carbons (Fsp3) is 0.421. The summed E-state index contributed by atoms with van der Waals surface area (Å²) in [6.45, 7) is 2.49. The van der Waals surface area contributed by atoms with E-state index in [2.05, 4.69) is 5.32 Å². The minimum Gasteiger partial charge on any atom is -0.491 e. The number of rotatable bonds is 7. The number of carbonyl (C=O) groups excluding carboxylic acids is 1. The third kappa shape index (κ3) is 4.61. The SMILES string of the molecule is O=C(c1ccoc1)N1CCC(NCc2ccccc2OCCO)CC1. The average Bonchev–Trinajstić information content (AvgIpc) is 3.20. The van der Waals surface area contributed by atoms with Crippen LogP contribution in [-0.4, -0.2) is 48.3 Å². The Bertz CT molecular complexity index is 664. The van der Waals surface area contributed by atoms with Crippen molar-refractivity contribution in [2.75, 3.05) is 26.3 Å². The maximum atomic E-state index is 12.3. The standard InChI is InChI=1S/C19H24N2O4/c22-10-12-25-18-4-2-1-3-15(18)13-20-17-5-8-21(9-6-17)19(23)16-7-11-24-14-16/h1-4,7,11,14,17,20,22H,5-6,8-10,12-13H2. The molecule has 134 valence electrons. The summed E-state index contributed by atoms with van der Waals surface area (Å²) in [6.07, 6.45) is 4.86. The molecule has 1 amide bonds. The van der Waals surface area contributed by atoms with Crippen LogP contribution < -0.4 is 10.1 Å². The number of hydrogen-bond acceptors (Lipinski definition) is 5. The van der Waals surface area contributed by atoms with Gasteiger partial charge in [0, 0.05) is 31.2 Å². The number of likely N-dealkylation sites (tertiary alicyclic amines) is 1. The summed E-state index contributed by atoms with van der Waals surface area (Å²) in [7, 11) is 0. The van der Waals surface area contributed by atoms with Crippen LogP contribution in [0.15, 0.2) is 47.3 Å². The van der Waals surface area contributed by atoms with E-state index in [0.717, 1.165) is 37.2 Å². The van der Waals surface area contributed by atoms with Crippen molar-refractivity contribution in [3.63, 3.8) is 0 Å². The van der Waals surface area contributed by atoms with Gasteiger partial charge in [0.2, 0.25) is 0 Å². The second-order valence-electron chi connectivity index (χ2n) is 6.14. The molecule has 6 nitrogen and oxygen atoms in total. The largest absolute Gasteiger partial charge is 0.491 e. The number of carbonyl (C=O) groups is 1. The van der Waals surface area contributed by atoms with Gasteiger partial charge in [-0.05, 0) is 25.0 Å². The Morgan fingerprint density at radius 3 is 2.80 bits per heavy atom. The number of piperidine rings is 1. The fourth-order valence-corrected chi connectivity index (χ4v) is 3.06. The van der Waals surface area contributed by atoms with E-state index in [-0.39, 0.29) is 12.5 Å². The van der Waals surface area contributed by atoms with Crippen molar-refractivity contribution in [3.8, 4) is 5.75 Å². The van der Waals surface area contributed by atoms with Crippen LogP contribution in [0, 0.1) is 0 Å². The number of hydrogen-bond donors (Lipinski definition) is 2. The zero-order valence-corrected chi connectivity index (χ0v) is 14.2. The van der Waals surface area contributed by atoms with Gasteiger partial charge in [0.1, 0.15) is 18.6 Å². The van der Waals surface area contributed by atoms with Gasteiger partial charge in [0.05, 0.1) is 18.4 Å². The zero-order chi connectivity index (χ0) is 17.5. The van der Waals surface area contributed by atoms with Gasteiger partial charge in [-0.25, -0.2) is 0 Å². The lowest BCUT2D eigenvalue weighted by Gasteiger charge is -2.32. The van der Waals surface area contributed by atoms with Gasteiger partial charge in [0.25, 0.3) is 5.91 Å². The molecule has 0 aliphatic carbocycles. The molecule has 2 N–H and O–H groups in total. The lowest BCUT2D eigenvalue weighted by Crippen LogP contribution is -2.44. The predicted molar refractivity (Wildman–Crippen MR) is 93.5 cm³/mol. The highest BCUT2D eigenvalue weighted by atomic mass is 16.5. The molecule has 1 aliphatic rings. The summed E-state index contributed by atoms with van der Waals surface area (Å²) >= 11 is 0. The first kappa shape index (κ1) is 17.5. The minimum atomic E-state index is 0.00488. The third-order valence-electron chi connectivity index (χ3n) is 4.45. The number of benzene rings is 1. The van der Waals surface area contributed by atoms with E-state index in [1.54, 1.807) is 6.07 Å². The van der Waals surface area contributed by atoms with E-state index >= 15 is 0 Å². The van der Waals surface area contributed by atoms with Crippen LogP contribution >= 0.6 is 0 Å². The van der Waals surface area contributed by atoms with E-state index in [4.69, 9.17) is 14.3 Å². The van der Waals surface area contributed by atoms with Crippen LogP contribution in [0.5, 0.6) is 5.75 Å². The maximum absolute atomic E-state index is 12.3. The van der Waals surface area contributed by atoms with Crippen molar-refractivity contribution in [3.05, 3.63) is 54.0 Å². The molecule has 1 fully saturated rings. The second-order valence-corrected chi connectivity index (χ2v) is 6.14. The normalized spacial score (nSPS) is 15.3. The average molecular weight is 344 g/mol. The molecular formula is C19H24N2O4. The number of para-hydroxylation sites is 1. The van der Waals surface area contributed by atoms with Crippen molar-refractivity contribution in [1.82, 2.24) is 10.2 Å². The summed E-state index contributed by atoms with van der Waals surface area (Å²) in [6, 6.07) is 9.93. The summed E-state index contributed by atoms with van der Waals surface area (Å²) in [5.41, 5.74) is 1.69. The molecule has 2 aromatic rings. The monoisotopic (exact) mass is 344 g/mol. The third-order valence-corrected chi connectivity index (χ3v) is 4.45. The van der Waals surface area contributed by atoms with Gasteiger partial charge in [-0.3, -0.25) is 4.79 Å². The molecule has 6 heteroatoms. The fourth-order valence-electron chi connectivity index (χ4n) is 3.06. The zero-order valence-electron chi connectivity index (χ0n) is 14.2. The Morgan fingerprint density at radius 1 is 1.28 bits per heavy atom. The molecule has 0 unspecified atom stereocenters. The van der Waals surface area contributed by atoms with Crippen LogP contribution in [-0.2, 0) is 6.54 Å². The van der Waals surface area contributed by atoms with E-state index in [0.29, 0.717) is 24.8 Å². The highest BCUT2D eigenvalue weighted by Gasteiger charge is 2.24. The van der Waals surface area contributed by atoms with Gasteiger partial charge in [-0.2, -0.15) is 0 Å². The predicted octanol–water partition coefficient (Wildman–Crippen LogP) is 2.05. The van der Waals surface area contributed by atoms with Crippen LogP contribution in [0.2, 0.25) is 0 Å². The van der Waals surface area contributed by atoms with Crippen molar-refractivity contribution >= 4 is 5.91 Å². The van der Waals surface area contributed by atoms with E-state index in [9.17, 15) is 4.79 Å². The molecule has 0 saturated carbocycles. The summed E-state index contributed by atoms with van der Waals surface area (Å²) in [5, 5.41) is 12.5. The van der Waals surface area contributed by atoms with Gasteiger partial charge in [-0.1, -0.05) is 18.2 Å². The van der Waals surface area contributed by atoms with Crippen molar-refractivity contribution in [2.24, 2.45) is 0 Å². The molecule has 3 rings (SSSR count). The molecule has 1 aliphatic heterocycles. The van der Waals surface area contributed by atoms with Gasteiger partial charge in [0.15, 0.2) is 0 Å². The summed E-state index contributed by atoms with van der Waals surface area (Å²) in [5.74, 6) is 0.839. The summed E-state index contributed by atoms with van der Waals surface area (Å²) in [4.78, 5) is 14.2. The van der Waals surface area contributed by atoms with Gasteiger partial charge >= 0.3 is 0 Å². The number of furan rings is 1. The molecule has 0 bridgehead atoms. The number of aliphatic hydroxyl groups is 1. The second kappa shape index (κ2) is 8.69. The highest BCUT2D eigenvalue weighted by molar-refractivity contribution is 5.93. The van der Waals surface area contributed by atoms with Crippen LogP contribution in [0.4, 0.5) is 0 Å². The molecule has 0 spiro atoms. The minimum absolute atomic E-state index is 0.00488. The summed E-state index contributed by atoms with van der Waals surface area (Å²) < 4.78 is 10.6.